The predicted molar refractivity (Wildman–Crippen MR) is 55.0 cm³/mol. The van der Waals surface area contributed by atoms with Gasteiger partial charge in [0.1, 0.15) is 11.9 Å². The summed E-state index contributed by atoms with van der Waals surface area (Å²) in [5.41, 5.74) is 4.89. The number of aliphatic hydroxyl groups excluding tert-OH is 1. The molecule has 4 N–H and O–H groups in total. The van der Waals surface area contributed by atoms with E-state index in [4.69, 9.17) is 10.8 Å². The number of hydrogen-bond acceptors (Lipinski definition) is 4. The van der Waals surface area contributed by atoms with E-state index in [1.54, 1.807) is 6.20 Å². The van der Waals surface area contributed by atoms with Crippen molar-refractivity contribution in [2.75, 3.05) is 13.1 Å². The largest absolute Gasteiger partial charge is 0.382 e. The van der Waals surface area contributed by atoms with E-state index in [2.05, 4.69) is 10.3 Å². The number of nitrogens with zero attached hydrogens (tertiary/aromatic N) is 2. The molecule has 6 heteroatoms. The van der Waals surface area contributed by atoms with Gasteiger partial charge < -0.3 is 20.7 Å². The molecule has 1 amide bonds. The topological polar surface area (TPSA) is 93.2 Å². The molecular weight excluding hydrogens is 196 g/mol. The summed E-state index contributed by atoms with van der Waals surface area (Å²) in [6, 6.07) is 0. The number of imidazole rings is 1. The van der Waals surface area contributed by atoms with Gasteiger partial charge in [-0.1, -0.05) is 0 Å². The fourth-order valence-electron chi connectivity index (χ4n) is 1.18. The summed E-state index contributed by atoms with van der Waals surface area (Å²) in [5.74, 6) is 0.230. The second-order valence-electron chi connectivity index (χ2n) is 3.29. The van der Waals surface area contributed by atoms with Crippen molar-refractivity contribution in [1.82, 2.24) is 14.9 Å². The lowest BCUT2D eigenvalue weighted by Gasteiger charge is -2.09. The van der Waals surface area contributed by atoms with Crippen molar-refractivity contribution in [1.29, 1.82) is 0 Å². The molecule has 1 atom stereocenters. The van der Waals surface area contributed by atoms with Gasteiger partial charge in [0.15, 0.2) is 0 Å². The molecular formula is C9H16N4O2. The van der Waals surface area contributed by atoms with E-state index >= 15 is 0 Å². The van der Waals surface area contributed by atoms with Crippen molar-refractivity contribution in [3.8, 4) is 0 Å². The Morgan fingerprint density at radius 2 is 2.53 bits per heavy atom. The van der Waals surface area contributed by atoms with Crippen LogP contribution in [0.3, 0.4) is 0 Å². The molecule has 1 unspecified atom stereocenters. The molecule has 6 nitrogen and oxygen atoms in total. The first-order chi connectivity index (χ1) is 7.11. The smallest absolute Gasteiger partial charge is 0.247 e. The lowest BCUT2D eigenvalue weighted by Crippen LogP contribution is -2.38. The van der Waals surface area contributed by atoms with E-state index in [9.17, 15) is 4.79 Å². The van der Waals surface area contributed by atoms with Crippen molar-refractivity contribution < 1.29 is 9.90 Å². The number of carbonyl (C=O) groups is 1. The van der Waals surface area contributed by atoms with Crippen LogP contribution in [0.15, 0.2) is 12.4 Å². The molecule has 84 valence electrons. The van der Waals surface area contributed by atoms with E-state index in [0.29, 0.717) is 6.54 Å². The second kappa shape index (κ2) is 5.47. The van der Waals surface area contributed by atoms with Crippen LogP contribution < -0.4 is 11.1 Å². The molecule has 0 spiro atoms. The standard InChI is InChI=1S/C9H16N4O2/c1-7-12-3-5-13(7)4-2-11-6-8(14)9(10)15/h3,5,8,11,14H,2,4,6H2,1H3,(H2,10,15). The minimum atomic E-state index is -1.12. The van der Waals surface area contributed by atoms with Crippen LogP contribution in [0.4, 0.5) is 0 Å². The molecule has 0 aromatic carbocycles. The molecule has 0 fully saturated rings. The zero-order valence-electron chi connectivity index (χ0n) is 8.68. The monoisotopic (exact) mass is 212 g/mol. The number of rotatable bonds is 6. The molecule has 0 aliphatic carbocycles. The summed E-state index contributed by atoms with van der Waals surface area (Å²) in [5, 5.41) is 12.0. The first-order valence-corrected chi connectivity index (χ1v) is 4.77. The zero-order valence-corrected chi connectivity index (χ0v) is 8.68. The van der Waals surface area contributed by atoms with Crippen LogP contribution in [-0.4, -0.2) is 39.8 Å². The van der Waals surface area contributed by atoms with Gasteiger partial charge in [0.25, 0.3) is 0 Å². The molecule has 0 saturated carbocycles. The van der Waals surface area contributed by atoms with Crippen LogP contribution in [0.25, 0.3) is 0 Å². The quantitative estimate of drug-likeness (QED) is 0.507. The molecule has 1 aromatic heterocycles. The third kappa shape index (κ3) is 3.69. The number of nitrogens with two attached hydrogens (primary N) is 1. The number of aryl methyl sites for hydroxylation is 1. The number of aliphatic hydroxyl groups is 1. The summed E-state index contributed by atoms with van der Waals surface area (Å²) in [7, 11) is 0. The number of primary amides is 1. The van der Waals surface area contributed by atoms with Crippen molar-refractivity contribution >= 4 is 5.91 Å². The summed E-state index contributed by atoms with van der Waals surface area (Å²) in [4.78, 5) is 14.6. The van der Waals surface area contributed by atoms with Gasteiger partial charge in [-0.2, -0.15) is 0 Å². The van der Waals surface area contributed by atoms with Gasteiger partial charge in [-0.15, -0.1) is 0 Å². The molecule has 0 aliphatic heterocycles. The molecule has 0 bridgehead atoms. The van der Waals surface area contributed by atoms with Crippen LogP contribution in [0, 0.1) is 6.92 Å². The fourth-order valence-corrected chi connectivity index (χ4v) is 1.18. The van der Waals surface area contributed by atoms with Gasteiger partial charge in [0.2, 0.25) is 5.91 Å². The maximum Gasteiger partial charge on any atom is 0.247 e. The van der Waals surface area contributed by atoms with Gasteiger partial charge in [-0.05, 0) is 6.92 Å². The van der Waals surface area contributed by atoms with Crippen LogP contribution in [0.2, 0.25) is 0 Å². The molecule has 1 heterocycles. The first kappa shape index (κ1) is 11.7. The number of aromatic nitrogens is 2. The predicted octanol–water partition coefficient (Wildman–Crippen LogP) is -1.37. The minimum absolute atomic E-state index is 0.184. The van der Waals surface area contributed by atoms with E-state index in [0.717, 1.165) is 12.4 Å². The molecule has 0 saturated heterocycles. The average molecular weight is 212 g/mol. The number of amides is 1. The third-order valence-electron chi connectivity index (χ3n) is 2.12. The Balaban J connectivity index is 2.17. The fraction of sp³-hybridized carbons (Fsp3) is 0.556. The van der Waals surface area contributed by atoms with Crippen molar-refractivity contribution in [2.45, 2.75) is 19.6 Å². The third-order valence-corrected chi connectivity index (χ3v) is 2.12. The maximum absolute atomic E-state index is 10.5. The van der Waals surface area contributed by atoms with Crippen LogP contribution in [0.5, 0.6) is 0 Å². The van der Waals surface area contributed by atoms with Gasteiger partial charge in [-0.3, -0.25) is 4.79 Å². The number of nitrogens with one attached hydrogen (secondary N) is 1. The molecule has 15 heavy (non-hydrogen) atoms. The normalized spacial score (nSPS) is 12.7. The number of carbonyl (C=O) groups excluding carboxylic acids is 1. The second-order valence-corrected chi connectivity index (χ2v) is 3.29. The Labute approximate surface area is 88.1 Å². The highest BCUT2D eigenvalue weighted by atomic mass is 16.3. The van der Waals surface area contributed by atoms with Crippen molar-refractivity contribution in [3.63, 3.8) is 0 Å². The summed E-state index contributed by atoms with van der Waals surface area (Å²) >= 11 is 0. The van der Waals surface area contributed by atoms with Gasteiger partial charge in [-0.25, -0.2) is 4.98 Å². The van der Waals surface area contributed by atoms with Crippen LogP contribution >= 0.6 is 0 Å². The molecule has 0 aliphatic rings. The van der Waals surface area contributed by atoms with Gasteiger partial charge in [0, 0.05) is 32.0 Å². The van der Waals surface area contributed by atoms with E-state index in [1.807, 2.05) is 17.7 Å². The first-order valence-electron chi connectivity index (χ1n) is 4.77. The zero-order chi connectivity index (χ0) is 11.3. The lowest BCUT2D eigenvalue weighted by molar-refractivity contribution is -0.125. The highest BCUT2D eigenvalue weighted by molar-refractivity contribution is 5.78. The van der Waals surface area contributed by atoms with Gasteiger partial charge in [0.05, 0.1) is 0 Å². The van der Waals surface area contributed by atoms with E-state index in [1.165, 1.54) is 0 Å². The SMILES string of the molecule is Cc1nccn1CCNCC(O)C(N)=O. The molecule has 1 aromatic rings. The highest BCUT2D eigenvalue weighted by Crippen LogP contribution is 1.93. The molecule has 1 rings (SSSR count). The van der Waals surface area contributed by atoms with E-state index in [-0.39, 0.29) is 6.54 Å². The number of hydrogen-bond donors (Lipinski definition) is 3. The summed E-state index contributed by atoms with van der Waals surface area (Å²) in [6.45, 7) is 3.50. The molecule has 0 radical (unpaired) electrons. The van der Waals surface area contributed by atoms with Crippen molar-refractivity contribution in [2.24, 2.45) is 5.73 Å². The van der Waals surface area contributed by atoms with Crippen LogP contribution in [-0.2, 0) is 11.3 Å². The van der Waals surface area contributed by atoms with E-state index < -0.39 is 12.0 Å². The Morgan fingerprint density at radius 3 is 3.07 bits per heavy atom. The Kier molecular flexibility index (Phi) is 4.26. The Hall–Kier alpha value is -1.40. The Morgan fingerprint density at radius 1 is 1.80 bits per heavy atom. The Bertz CT molecular complexity index is 324. The highest BCUT2D eigenvalue weighted by Gasteiger charge is 2.08. The van der Waals surface area contributed by atoms with Crippen LogP contribution in [0.1, 0.15) is 5.82 Å². The maximum atomic E-state index is 10.5. The lowest BCUT2D eigenvalue weighted by atomic mass is 10.3. The van der Waals surface area contributed by atoms with Crippen molar-refractivity contribution in [3.05, 3.63) is 18.2 Å². The summed E-state index contributed by atoms with van der Waals surface area (Å²) < 4.78 is 1.98. The summed E-state index contributed by atoms with van der Waals surface area (Å²) in [6.07, 6.45) is 2.49. The van der Waals surface area contributed by atoms with Gasteiger partial charge >= 0.3 is 0 Å². The minimum Gasteiger partial charge on any atom is -0.382 e. The average Bonchev–Trinajstić information content (AvgIpc) is 2.58.